The fourth-order valence-electron chi connectivity index (χ4n) is 2.08. The van der Waals surface area contributed by atoms with Crippen LogP contribution in [0, 0.1) is 23.7 Å². The number of hydrogen-bond acceptors (Lipinski definition) is 3. The molecular formula is C17H26N2O. The summed E-state index contributed by atoms with van der Waals surface area (Å²) < 4.78 is 5.87. The minimum atomic E-state index is -0.221. The maximum atomic E-state index is 8.96. The Kier molecular flexibility index (Phi) is 6.54. The van der Waals surface area contributed by atoms with Crippen LogP contribution in [0.5, 0.6) is 5.75 Å². The molecular weight excluding hydrogens is 248 g/mol. The molecule has 0 atom stereocenters. The van der Waals surface area contributed by atoms with Crippen LogP contribution in [-0.2, 0) is 6.54 Å². The van der Waals surface area contributed by atoms with Crippen LogP contribution in [0.4, 0.5) is 0 Å². The molecule has 1 aromatic carbocycles. The molecule has 0 heterocycles. The van der Waals surface area contributed by atoms with Crippen molar-refractivity contribution in [1.82, 2.24) is 5.32 Å². The third-order valence-electron chi connectivity index (χ3n) is 3.34. The molecule has 1 rings (SSSR count). The first kappa shape index (κ1) is 16.5. The van der Waals surface area contributed by atoms with Crippen molar-refractivity contribution in [3.63, 3.8) is 0 Å². The molecule has 0 aliphatic heterocycles. The molecule has 0 amide bonds. The normalized spacial score (nSPS) is 11.2. The van der Waals surface area contributed by atoms with Gasteiger partial charge < -0.3 is 10.1 Å². The molecule has 0 fully saturated rings. The molecule has 1 N–H and O–H groups in total. The van der Waals surface area contributed by atoms with Gasteiger partial charge in [0.25, 0.3) is 0 Å². The first-order valence-corrected chi connectivity index (χ1v) is 7.27. The lowest BCUT2D eigenvalue weighted by molar-refractivity contribution is 0.292. The molecule has 0 aliphatic rings. The van der Waals surface area contributed by atoms with E-state index in [1.165, 1.54) is 11.1 Å². The highest BCUT2D eigenvalue weighted by Crippen LogP contribution is 2.23. The zero-order valence-electron chi connectivity index (χ0n) is 13.1. The number of aryl methyl sites for hydroxylation is 1. The van der Waals surface area contributed by atoms with Crippen LogP contribution in [0.2, 0.25) is 0 Å². The fourth-order valence-corrected chi connectivity index (χ4v) is 2.08. The molecule has 0 bridgehead atoms. The number of nitriles is 1. The Morgan fingerprint density at radius 2 is 2.05 bits per heavy atom. The Morgan fingerprint density at radius 1 is 1.30 bits per heavy atom. The predicted octanol–water partition coefficient (Wildman–Crippen LogP) is 3.81. The fraction of sp³-hybridized carbons (Fsp3) is 0.588. The molecule has 0 unspecified atom stereocenters. The van der Waals surface area contributed by atoms with Gasteiger partial charge in [0.1, 0.15) is 5.75 Å². The summed E-state index contributed by atoms with van der Waals surface area (Å²) in [6, 6.07) is 8.61. The van der Waals surface area contributed by atoms with Gasteiger partial charge in [-0.3, -0.25) is 0 Å². The van der Waals surface area contributed by atoms with E-state index in [1.807, 2.05) is 27.0 Å². The predicted molar refractivity (Wildman–Crippen MR) is 82.7 cm³/mol. The maximum Gasteiger partial charge on any atom is 0.123 e. The number of unbranched alkanes of at least 4 members (excludes halogenated alkanes) is 1. The lowest BCUT2D eigenvalue weighted by Crippen LogP contribution is -2.10. The summed E-state index contributed by atoms with van der Waals surface area (Å²) in [6.07, 6.45) is 2.93. The van der Waals surface area contributed by atoms with Crippen molar-refractivity contribution in [3.05, 3.63) is 29.3 Å². The Bertz CT molecular complexity index is 461. The van der Waals surface area contributed by atoms with Gasteiger partial charge in [0, 0.05) is 12.1 Å². The molecule has 0 spiro atoms. The van der Waals surface area contributed by atoms with Crippen LogP contribution in [0.1, 0.15) is 44.2 Å². The third kappa shape index (κ3) is 5.63. The molecule has 1 aromatic rings. The molecule has 3 heteroatoms. The second-order valence-electron chi connectivity index (χ2n) is 5.94. The molecule has 20 heavy (non-hydrogen) atoms. The van der Waals surface area contributed by atoms with Crippen LogP contribution in [0.15, 0.2) is 18.2 Å². The smallest absolute Gasteiger partial charge is 0.123 e. The Morgan fingerprint density at radius 3 is 2.70 bits per heavy atom. The maximum absolute atomic E-state index is 8.96. The molecule has 0 saturated heterocycles. The molecule has 0 aromatic heterocycles. The summed E-state index contributed by atoms with van der Waals surface area (Å²) >= 11 is 0. The van der Waals surface area contributed by atoms with Crippen molar-refractivity contribution < 1.29 is 4.74 Å². The molecule has 0 radical (unpaired) electrons. The molecule has 3 nitrogen and oxygen atoms in total. The van der Waals surface area contributed by atoms with Crippen molar-refractivity contribution in [1.29, 1.82) is 5.26 Å². The van der Waals surface area contributed by atoms with Crippen molar-refractivity contribution in [2.24, 2.45) is 5.41 Å². The van der Waals surface area contributed by atoms with E-state index in [1.54, 1.807) is 0 Å². The van der Waals surface area contributed by atoms with Crippen molar-refractivity contribution >= 4 is 0 Å². The average molecular weight is 274 g/mol. The second-order valence-corrected chi connectivity index (χ2v) is 5.94. The summed E-state index contributed by atoms with van der Waals surface area (Å²) in [7, 11) is 1.94. The minimum absolute atomic E-state index is 0.221. The summed E-state index contributed by atoms with van der Waals surface area (Å²) in [5.41, 5.74) is 2.23. The van der Waals surface area contributed by atoms with Gasteiger partial charge in [-0.25, -0.2) is 0 Å². The van der Waals surface area contributed by atoms with Gasteiger partial charge in [-0.15, -0.1) is 0 Å². The number of rotatable bonds is 8. The van der Waals surface area contributed by atoms with Gasteiger partial charge >= 0.3 is 0 Å². The molecule has 0 saturated carbocycles. The molecule has 110 valence electrons. The average Bonchev–Trinajstić information content (AvgIpc) is 2.41. The number of ether oxygens (including phenoxy) is 1. The van der Waals surface area contributed by atoms with E-state index < -0.39 is 0 Å². The van der Waals surface area contributed by atoms with Crippen LogP contribution >= 0.6 is 0 Å². The van der Waals surface area contributed by atoms with Crippen LogP contribution in [0.3, 0.4) is 0 Å². The van der Waals surface area contributed by atoms with Crippen LogP contribution < -0.4 is 10.1 Å². The second kappa shape index (κ2) is 7.91. The zero-order chi connectivity index (χ0) is 15.0. The van der Waals surface area contributed by atoms with E-state index in [0.29, 0.717) is 6.61 Å². The van der Waals surface area contributed by atoms with Gasteiger partial charge in [0.15, 0.2) is 0 Å². The summed E-state index contributed by atoms with van der Waals surface area (Å²) in [5.74, 6) is 0.962. The van der Waals surface area contributed by atoms with E-state index in [4.69, 9.17) is 10.00 Å². The van der Waals surface area contributed by atoms with E-state index >= 15 is 0 Å². The monoisotopic (exact) mass is 274 g/mol. The molecule has 0 aliphatic carbocycles. The number of nitrogens with one attached hydrogen (secondary N) is 1. The first-order valence-electron chi connectivity index (χ1n) is 7.27. The number of nitrogens with zero attached hydrogens (tertiary/aromatic N) is 1. The number of benzene rings is 1. The van der Waals surface area contributed by atoms with Gasteiger partial charge in [0.2, 0.25) is 0 Å². The van der Waals surface area contributed by atoms with Gasteiger partial charge in [-0.05, 0) is 53.1 Å². The topological polar surface area (TPSA) is 45.0 Å². The lowest BCUT2D eigenvalue weighted by Gasteiger charge is -2.15. The largest absolute Gasteiger partial charge is 0.493 e. The standard InChI is InChI=1S/C17H26N2O/c1-14-7-8-16(15(11-14)12-19-4)20-10-6-5-9-17(2,3)13-18/h7-8,11,19H,5-6,9-10,12H2,1-4H3. The lowest BCUT2D eigenvalue weighted by atomic mass is 9.89. The summed E-state index contributed by atoms with van der Waals surface area (Å²) in [6.45, 7) is 7.59. The summed E-state index contributed by atoms with van der Waals surface area (Å²) in [5, 5.41) is 12.1. The van der Waals surface area contributed by atoms with E-state index in [9.17, 15) is 0 Å². The van der Waals surface area contributed by atoms with E-state index in [2.05, 4.69) is 30.4 Å². The highest BCUT2D eigenvalue weighted by molar-refractivity contribution is 5.36. The zero-order valence-corrected chi connectivity index (χ0v) is 13.1. The van der Waals surface area contributed by atoms with Crippen molar-refractivity contribution in [3.8, 4) is 11.8 Å². The van der Waals surface area contributed by atoms with Crippen molar-refractivity contribution in [2.45, 2.75) is 46.6 Å². The summed E-state index contributed by atoms with van der Waals surface area (Å²) in [4.78, 5) is 0. The van der Waals surface area contributed by atoms with E-state index in [-0.39, 0.29) is 5.41 Å². The first-order chi connectivity index (χ1) is 9.48. The number of hydrogen-bond donors (Lipinski definition) is 1. The Balaban J connectivity index is 2.41. The van der Waals surface area contributed by atoms with Crippen LogP contribution in [-0.4, -0.2) is 13.7 Å². The van der Waals surface area contributed by atoms with Gasteiger partial charge in [-0.2, -0.15) is 5.26 Å². The Labute approximate surface area is 123 Å². The third-order valence-corrected chi connectivity index (χ3v) is 3.34. The highest BCUT2D eigenvalue weighted by atomic mass is 16.5. The van der Waals surface area contributed by atoms with Crippen molar-refractivity contribution in [2.75, 3.05) is 13.7 Å². The highest BCUT2D eigenvalue weighted by Gasteiger charge is 2.15. The van der Waals surface area contributed by atoms with Crippen LogP contribution in [0.25, 0.3) is 0 Å². The van der Waals surface area contributed by atoms with Gasteiger partial charge in [0.05, 0.1) is 18.1 Å². The minimum Gasteiger partial charge on any atom is -0.493 e. The Hall–Kier alpha value is -1.53. The van der Waals surface area contributed by atoms with Gasteiger partial charge in [-0.1, -0.05) is 17.7 Å². The SMILES string of the molecule is CNCc1cc(C)ccc1OCCCCC(C)(C)C#N. The van der Waals surface area contributed by atoms with E-state index in [0.717, 1.165) is 31.6 Å². The quantitative estimate of drug-likeness (QED) is 0.733.